The molecule has 1 unspecified atom stereocenters. The first-order chi connectivity index (χ1) is 4.31. The molecule has 0 aromatic rings. The molecule has 40 valence electrons. The molecule has 0 aliphatic carbocycles. The Morgan fingerprint density at radius 1 is 2.00 bits per heavy atom. The molecule has 0 saturated carbocycles. The average molecular weight is 166 g/mol. The first-order valence-electron chi connectivity index (χ1n) is 3.16. The first kappa shape index (κ1) is 3.11. The maximum atomic E-state index is 9.08. The van der Waals surface area contributed by atoms with Gasteiger partial charge in [-0.1, -0.05) is 5.92 Å². The van der Waals surface area contributed by atoms with E-state index < -0.39 is 12.5 Å². The number of halogens is 1. The van der Waals surface area contributed by atoms with Crippen LogP contribution in [0, 0.1) is 10.8 Å². The summed E-state index contributed by atoms with van der Waals surface area (Å²) in [5.74, 6) is 2.12. The fourth-order valence-electron chi connectivity index (χ4n) is 0.0920. The highest BCUT2D eigenvalue weighted by Gasteiger charge is 2.04. The van der Waals surface area contributed by atoms with Gasteiger partial charge in [0, 0.05) is 20.0 Å². The van der Waals surface area contributed by atoms with E-state index in [4.69, 9.17) is 9.22 Å². The lowest BCUT2D eigenvalue weighted by molar-refractivity contribution is 0.144. The third kappa shape index (κ3) is 6.00. The van der Waals surface area contributed by atoms with E-state index in [1.165, 1.54) is 0 Å². The summed E-state index contributed by atoms with van der Waals surface area (Å²) in [7, 11) is 0. The van der Waals surface area contributed by atoms with E-state index in [1.807, 2.05) is 0 Å². The van der Waals surface area contributed by atoms with Crippen molar-refractivity contribution in [3.8, 4) is 10.8 Å². The standard InChI is InChI=1S/C5H7BrO/c1-5(2,7)3-4-6/h7H,1-2H3/i1D3. The smallest absolute Gasteiger partial charge is 0.120 e. The highest BCUT2D eigenvalue weighted by molar-refractivity contribution is 9.12. The van der Waals surface area contributed by atoms with Crippen LogP contribution in [0.4, 0.5) is 0 Å². The zero-order valence-corrected chi connectivity index (χ0v) is 5.41. The van der Waals surface area contributed by atoms with Crippen LogP contribution in [-0.2, 0) is 0 Å². The van der Waals surface area contributed by atoms with E-state index in [1.54, 1.807) is 0 Å². The molecular formula is C5H7BrO. The lowest BCUT2D eigenvalue weighted by Gasteiger charge is -2.04. The molecule has 0 bridgehead atoms. The van der Waals surface area contributed by atoms with Gasteiger partial charge in [-0.15, -0.1) is 0 Å². The fourth-order valence-corrected chi connectivity index (χ4v) is 0.478. The molecule has 1 nitrogen and oxygen atoms in total. The lowest BCUT2D eigenvalue weighted by atomic mass is 10.2. The molecule has 0 saturated heterocycles. The Kier molecular flexibility index (Phi) is 1.04. The Labute approximate surface area is 56.1 Å². The van der Waals surface area contributed by atoms with Crippen LogP contribution in [0.15, 0.2) is 0 Å². The summed E-state index contributed by atoms with van der Waals surface area (Å²) in [6.07, 6.45) is 0. The molecule has 0 amide bonds. The zero-order chi connectivity index (χ0) is 8.41. The minimum Gasteiger partial charge on any atom is -0.378 e. The summed E-state index contributed by atoms with van der Waals surface area (Å²) in [6.45, 7) is -1.30. The van der Waals surface area contributed by atoms with Crippen molar-refractivity contribution >= 4 is 15.9 Å². The molecule has 1 N–H and O–H groups in total. The first-order valence-corrected chi connectivity index (χ1v) is 2.46. The second-order valence-electron chi connectivity index (χ2n) is 1.29. The van der Waals surface area contributed by atoms with Crippen LogP contribution >= 0.6 is 15.9 Å². The molecule has 0 aromatic heterocycles. The maximum Gasteiger partial charge on any atom is 0.120 e. The number of aliphatic hydroxyl groups is 1. The third-order valence-corrected chi connectivity index (χ3v) is 0.489. The Morgan fingerprint density at radius 2 is 2.57 bits per heavy atom. The van der Waals surface area contributed by atoms with Crippen LogP contribution in [0.25, 0.3) is 0 Å². The van der Waals surface area contributed by atoms with Crippen molar-refractivity contribution in [3.05, 3.63) is 0 Å². The number of hydrogen-bond donors (Lipinski definition) is 1. The predicted octanol–water partition coefficient (Wildman–Crippen LogP) is 1.11. The van der Waals surface area contributed by atoms with Gasteiger partial charge in [0.05, 0.1) is 0 Å². The van der Waals surface area contributed by atoms with Crippen molar-refractivity contribution in [1.82, 2.24) is 0 Å². The van der Waals surface area contributed by atoms with Gasteiger partial charge in [-0.05, 0) is 18.6 Å². The Balaban J connectivity index is 4.51. The molecule has 0 spiro atoms. The van der Waals surface area contributed by atoms with E-state index in [9.17, 15) is 0 Å². The molecule has 0 fully saturated rings. The molecule has 0 aliphatic rings. The maximum absolute atomic E-state index is 9.08. The van der Waals surface area contributed by atoms with Gasteiger partial charge in [-0.3, -0.25) is 0 Å². The molecule has 0 aromatic carbocycles. The Hall–Kier alpha value is 0. The quantitative estimate of drug-likeness (QED) is 0.534. The zero-order valence-electron chi connectivity index (χ0n) is 6.83. The summed E-state index contributed by atoms with van der Waals surface area (Å²) in [4.78, 5) is 2.17. The Bertz CT molecular complexity index is 174. The van der Waals surface area contributed by atoms with E-state index in [2.05, 4.69) is 26.7 Å². The van der Waals surface area contributed by atoms with Crippen LogP contribution in [0.1, 0.15) is 17.9 Å². The summed E-state index contributed by atoms with van der Waals surface area (Å²) in [6, 6.07) is 0. The third-order valence-electron chi connectivity index (χ3n) is 0.291. The molecule has 1 atom stereocenters. The van der Waals surface area contributed by atoms with Crippen molar-refractivity contribution < 1.29 is 9.22 Å². The number of rotatable bonds is 0. The van der Waals surface area contributed by atoms with E-state index in [0.29, 0.717) is 0 Å². The van der Waals surface area contributed by atoms with E-state index in [-0.39, 0.29) is 0 Å². The minimum absolute atomic E-state index is 1.15. The van der Waals surface area contributed by atoms with Gasteiger partial charge < -0.3 is 5.11 Å². The largest absolute Gasteiger partial charge is 0.378 e. The molecule has 0 aliphatic heterocycles. The van der Waals surface area contributed by atoms with Crippen molar-refractivity contribution in [2.45, 2.75) is 19.4 Å². The summed E-state index contributed by atoms with van der Waals surface area (Å²) >= 11 is 2.71. The summed E-state index contributed by atoms with van der Waals surface area (Å²) in [5, 5.41) is 9.08. The summed E-state index contributed by atoms with van der Waals surface area (Å²) in [5.41, 5.74) is -1.92. The molecule has 7 heavy (non-hydrogen) atoms. The SMILES string of the molecule is [2H]C([2H])([2H])C(C)(O)C#CBr. The summed E-state index contributed by atoms with van der Waals surface area (Å²) < 4.78 is 20.4. The van der Waals surface area contributed by atoms with E-state index >= 15 is 0 Å². The van der Waals surface area contributed by atoms with Crippen molar-refractivity contribution in [1.29, 1.82) is 0 Å². The van der Waals surface area contributed by atoms with Crippen molar-refractivity contribution in [2.24, 2.45) is 0 Å². The molecule has 0 rings (SSSR count). The average Bonchev–Trinajstić information content (AvgIpc) is 1.61. The van der Waals surface area contributed by atoms with Crippen LogP contribution in [0.3, 0.4) is 0 Å². The number of hydrogen-bond acceptors (Lipinski definition) is 1. The van der Waals surface area contributed by atoms with Gasteiger partial charge in [0.1, 0.15) is 5.60 Å². The fraction of sp³-hybridized carbons (Fsp3) is 0.600. The van der Waals surface area contributed by atoms with E-state index in [0.717, 1.165) is 6.92 Å². The minimum atomic E-state index is -2.45. The van der Waals surface area contributed by atoms with Gasteiger partial charge >= 0.3 is 0 Å². The van der Waals surface area contributed by atoms with Gasteiger partial charge in [0.15, 0.2) is 0 Å². The van der Waals surface area contributed by atoms with Crippen LogP contribution in [0.2, 0.25) is 0 Å². The Morgan fingerprint density at radius 3 is 2.71 bits per heavy atom. The lowest BCUT2D eigenvalue weighted by Crippen LogP contribution is -2.13. The van der Waals surface area contributed by atoms with Gasteiger partial charge in [0.2, 0.25) is 0 Å². The normalized spacial score (nSPS) is 24.7. The molecule has 0 heterocycles. The van der Waals surface area contributed by atoms with Crippen LogP contribution < -0.4 is 0 Å². The topological polar surface area (TPSA) is 20.2 Å². The second-order valence-corrected chi connectivity index (χ2v) is 1.69. The molecular weight excluding hydrogens is 156 g/mol. The van der Waals surface area contributed by atoms with Gasteiger partial charge in [-0.25, -0.2) is 0 Å². The predicted molar refractivity (Wildman–Crippen MR) is 33.0 cm³/mol. The van der Waals surface area contributed by atoms with Gasteiger partial charge in [-0.2, -0.15) is 0 Å². The second kappa shape index (κ2) is 2.34. The monoisotopic (exact) mass is 165 g/mol. The van der Waals surface area contributed by atoms with Crippen LogP contribution in [-0.4, -0.2) is 10.7 Å². The van der Waals surface area contributed by atoms with Gasteiger partial charge in [0.25, 0.3) is 0 Å². The molecule has 2 heteroatoms. The van der Waals surface area contributed by atoms with Crippen molar-refractivity contribution in [2.75, 3.05) is 0 Å². The van der Waals surface area contributed by atoms with Crippen LogP contribution in [0.5, 0.6) is 0 Å². The highest BCUT2D eigenvalue weighted by Crippen LogP contribution is 1.96. The van der Waals surface area contributed by atoms with Crippen molar-refractivity contribution in [3.63, 3.8) is 0 Å². The molecule has 0 radical (unpaired) electrons. The highest BCUT2D eigenvalue weighted by atomic mass is 79.9.